The number of hydrogen-bond donors (Lipinski definition) is 2. The van der Waals surface area contributed by atoms with Crippen LogP contribution in [0.15, 0.2) is 18.2 Å². The van der Waals surface area contributed by atoms with E-state index in [0.717, 1.165) is 0 Å². The molecule has 0 bridgehead atoms. The first-order valence-electron chi connectivity index (χ1n) is 6.64. The van der Waals surface area contributed by atoms with E-state index in [-0.39, 0.29) is 17.3 Å². The highest BCUT2D eigenvalue weighted by Crippen LogP contribution is 2.21. The van der Waals surface area contributed by atoms with Gasteiger partial charge < -0.3 is 15.4 Å². The lowest BCUT2D eigenvalue weighted by Crippen LogP contribution is -2.36. The molecule has 1 aromatic carbocycles. The summed E-state index contributed by atoms with van der Waals surface area (Å²) < 4.78 is 19.0. The molecule has 1 amide bonds. The Hall–Kier alpha value is -1.62. The molecule has 0 aliphatic rings. The van der Waals surface area contributed by atoms with E-state index in [1.807, 2.05) is 20.8 Å². The minimum Gasteiger partial charge on any atom is -0.481 e. The van der Waals surface area contributed by atoms with Crippen molar-refractivity contribution in [2.45, 2.75) is 45.9 Å². The summed E-state index contributed by atoms with van der Waals surface area (Å²) in [7, 11) is 1.55. The van der Waals surface area contributed by atoms with Crippen LogP contribution in [0.2, 0.25) is 0 Å². The molecule has 112 valence electrons. The minimum atomic E-state index is -0.626. The summed E-state index contributed by atoms with van der Waals surface area (Å²) in [6.07, 6.45) is -0.626. The topological polar surface area (TPSA) is 50.4 Å². The minimum absolute atomic E-state index is 0.0873. The van der Waals surface area contributed by atoms with E-state index < -0.39 is 6.10 Å². The Balaban J connectivity index is 2.87. The molecule has 1 atom stereocenters. The van der Waals surface area contributed by atoms with Gasteiger partial charge in [0, 0.05) is 24.7 Å². The number of likely N-dealkylation sites (N-methyl/N-ethyl adjacent to an activating group) is 1. The summed E-state index contributed by atoms with van der Waals surface area (Å²) in [5.41, 5.74) is 0.603. The highest BCUT2D eigenvalue weighted by atomic mass is 19.1. The molecule has 2 N–H and O–H groups in total. The summed E-state index contributed by atoms with van der Waals surface area (Å²) in [4.78, 5) is 11.5. The molecule has 1 unspecified atom stereocenters. The van der Waals surface area contributed by atoms with Crippen LogP contribution in [-0.4, -0.2) is 24.6 Å². The van der Waals surface area contributed by atoms with Crippen LogP contribution in [0.5, 0.6) is 5.75 Å². The quantitative estimate of drug-likeness (QED) is 0.870. The number of carbonyl (C=O) groups is 1. The Morgan fingerprint density at radius 2 is 2.05 bits per heavy atom. The fourth-order valence-corrected chi connectivity index (χ4v) is 1.61. The van der Waals surface area contributed by atoms with Crippen LogP contribution >= 0.6 is 0 Å². The molecule has 0 aromatic heterocycles. The van der Waals surface area contributed by atoms with Crippen LogP contribution in [0.25, 0.3) is 0 Å². The first-order valence-corrected chi connectivity index (χ1v) is 6.64. The summed E-state index contributed by atoms with van der Waals surface area (Å²) in [5.74, 6) is -0.0287. The second-order valence-corrected chi connectivity index (χ2v) is 5.73. The fourth-order valence-electron chi connectivity index (χ4n) is 1.61. The van der Waals surface area contributed by atoms with Crippen molar-refractivity contribution in [3.63, 3.8) is 0 Å². The van der Waals surface area contributed by atoms with E-state index >= 15 is 0 Å². The molecule has 0 saturated heterocycles. The number of amides is 1. The maximum atomic E-state index is 13.4. The van der Waals surface area contributed by atoms with Gasteiger partial charge in [-0.15, -0.1) is 0 Å². The van der Waals surface area contributed by atoms with Crippen molar-refractivity contribution in [2.75, 3.05) is 7.05 Å². The van der Waals surface area contributed by atoms with Crippen LogP contribution in [0.4, 0.5) is 4.39 Å². The fraction of sp³-hybridized carbons (Fsp3) is 0.533. The smallest absolute Gasteiger partial charge is 0.260 e. The van der Waals surface area contributed by atoms with Gasteiger partial charge in [-0.1, -0.05) is 0 Å². The lowest BCUT2D eigenvalue weighted by molar-refractivity contribution is -0.126. The number of hydrogen-bond acceptors (Lipinski definition) is 3. The molecular weight excluding hydrogens is 259 g/mol. The van der Waals surface area contributed by atoms with Crippen LogP contribution in [0.3, 0.4) is 0 Å². The molecule has 0 radical (unpaired) electrons. The Bertz CT molecular complexity index is 469. The normalized spacial score (nSPS) is 12.9. The van der Waals surface area contributed by atoms with E-state index in [4.69, 9.17) is 4.74 Å². The SMILES string of the molecule is CNC(=O)C(C)Oc1ccc(F)cc1CNC(C)(C)C. The van der Waals surface area contributed by atoms with Crippen LogP contribution in [0, 0.1) is 5.82 Å². The van der Waals surface area contributed by atoms with Crippen molar-refractivity contribution in [1.29, 1.82) is 0 Å². The predicted molar refractivity (Wildman–Crippen MR) is 77.1 cm³/mol. The van der Waals surface area contributed by atoms with Gasteiger partial charge in [-0.2, -0.15) is 0 Å². The van der Waals surface area contributed by atoms with Gasteiger partial charge in [0.05, 0.1) is 0 Å². The van der Waals surface area contributed by atoms with E-state index in [2.05, 4.69) is 10.6 Å². The molecule has 1 aromatic rings. The molecule has 1 rings (SSSR count). The lowest BCUT2D eigenvalue weighted by Gasteiger charge is -2.22. The number of halogens is 1. The molecule has 0 aliphatic carbocycles. The summed E-state index contributed by atoms with van der Waals surface area (Å²) in [6.45, 7) is 8.21. The van der Waals surface area contributed by atoms with E-state index in [9.17, 15) is 9.18 Å². The number of benzene rings is 1. The van der Waals surface area contributed by atoms with Gasteiger partial charge in [0.2, 0.25) is 0 Å². The summed E-state index contributed by atoms with van der Waals surface area (Å²) in [6, 6.07) is 4.30. The average molecular weight is 282 g/mol. The first-order chi connectivity index (χ1) is 9.23. The van der Waals surface area contributed by atoms with Crippen molar-refractivity contribution in [3.05, 3.63) is 29.6 Å². The van der Waals surface area contributed by atoms with Crippen LogP contribution in [-0.2, 0) is 11.3 Å². The monoisotopic (exact) mass is 282 g/mol. The van der Waals surface area contributed by atoms with Gasteiger partial charge in [-0.3, -0.25) is 4.79 Å². The van der Waals surface area contributed by atoms with Crippen molar-refractivity contribution in [3.8, 4) is 5.75 Å². The van der Waals surface area contributed by atoms with E-state index in [1.165, 1.54) is 12.1 Å². The second-order valence-electron chi connectivity index (χ2n) is 5.73. The number of nitrogens with one attached hydrogen (secondary N) is 2. The maximum absolute atomic E-state index is 13.4. The zero-order chi connectivity index (χ0) is 15.3. The standard InChI is InChI=1S/C15H23FN2O2/c1-10(14(19)17-5)20-13-7-6-12(16)8-11(13)9-18-15(2,3)4/h6-8,10,18H,9H2,1-5H3,(H,17,19). The number of carbonyl (C=O) groups excluding carboxylic acids is 1. The first kappa shape index (κ1) is 16.4. The van der Waals surface area contributed by atoms with Crippen molar-refractivity contribution < 1.29 is 13.9 Å². The third-order valence-corrected chi connectivity index (χ3v) is 2.75. The Morgan fingerprint density at radius 3 is 2.60 bits per heavy atom. The number of ether oxygens (including phenoxy) is 1. The molecule has 4 nitrogen and oxygen atoms in total. The van der Waals surface area contributed by atoms with Crippen molar-refractivity contribution >= 4 is 5.91 Å². The molecule has 5 heteroatoms. The van der Waals surface area contributed by atoms with E-state index in [1.54, 1.807) is 20.0 Å². The van der Waals surface area contributed by atoms with Gasteiger partial charge >= 0.3 is 0 Å². The Morgan fingerprint density at radius 1 is 1.40 bits per heavy atom. The maximum Gasteiger partial charge on any atom is 0.260 e. The van der Waals surface area contributed by atoms with E-state index in [0.29, 0.717) is 17.9 Å². The van der Waals surface area contributed by atoms with Gasteiger partial charge in [0.15, 0.2) is 6.10 Å². The van der Waals surface area contributed by atoms with Crippen LogP contribution < -0.4 is 15.4 Å². The van der Waals surface area contributed by atoms with Crippen molar-refractivity contribution in [2.24, 2.45) is 0 Å². The number of rotatable bonds is 5. The highest BCUT2D eigenvalue weighted by Gasteiger charge is 2.16. The Kier molecular flexibility index (Phi) is 5.51. The van der Waals surface area contributed by atoms with Crippen LogP contribution in [0.1, 0.15) is 33.3 Å². The molecule has 0 spiro atoms. The zero-order valence-electron chi connectivity index (χ0n) is 12.7. The molecule has 20 heavy (non-hydrogen) atoms. The largest absolute Gasteiger partial charge is 0.481 e. The third kappa shape index (κ3) is 5.17. The molecule has 0 heterocycles. The zero-order valence-corrected chi connectivity index (χ0v) is 12.7. The molecule has 0 aliphatic heterocycles. The lowest BCUT2D eigenvalue weighted by atomic mass is 10.1. The predicted octanol–water partition coefficient (Wildman–Crippen LogP) is 2.23. The third-order valence-electron chi connectivity index (χ3n) is 2.75. The second kappa shape index (κ2) is 6.70. The molecule has 0 fully saturated rings. The highest BCUT2D eigenvalue weighted by molar-refractivity contribution is 5.80. The average Bonchev–Trinajstić information content (AvgIpc) is 2.36. The molecule has 0 saturated carbocycles. The molecular formula is C15H23FN2O2. The van der Waals surface area contributed by atoms with Gasteiger partial charge in [0.25, 0.3) is 5.91 Å². The summed E-state index contributed by atoms with van der Waals surface area (Å²) >= 11 is 0. The summed E-state index contributed by atoms with van der Waals surface area (Å²) in [5, 5.41) is 5.79. The van der Waals surface area contributed by atoms with Gasteiger partial charge in [-0.25, -0.2) is 4.39 Å². The van der Waals surface area contributed by atoms with Gasteiger partial charge in [-0.05, 0) is 45.9 Å². The Labute approximate surface area is 119 Å². The van der Waals surface area contributed by atoms with Crippen molar-refractivity contribution in [1.82, 2.24) is 10.6 Å². The van der Waals surface area contributed by atoms with Gasteiger partial charge in [0.1, 0.15) is 11.6 Å².